The van der Waals surface area contributed by atoms with Crippen LogP contribution in [0.2, 0.25) is 0 Å². The summed E-state index contributed by atoms with van der Waals surface area (Å²) < 4.78 is 6.89. The summed E-state index contributed by atoms with van der Waals surface area (Å²) in [4.78, 5) is 43.4. The van der Waals surface area contributed by atoms with Crippen LogP contribution in [0.5, 0.6) is 0 Å². The van der Waals surface area contributed by atoms with Crippen LogP contribution in [0.4, 0.5) is 4.79 Å². The molecule has 8 heteroatoms. The molecule has 2 aliphatic rings. The molecule has 130 valence electrons. The maximum atomic E-state index is 12.6. The number of carbonyl (C=O) groups excluding carboxylic acids is 2. The first-order valence-electron chi connectivity index (χ1n) is 8.07. The van der Waals surface area contributed by atoms with Crippen molar-refractivity contribution in [1.82, 2.24) is 19.4 Å². The molecule has 0 aromatic carbocycles. The van der Waals surface area contributed by atoms with Gasteiger partial charge < -0.3 is 14.5 Å². The van der Waals surface area contributed by atoms with Crippen LogP contribution in [0.3, 0.4) is 0 Å². The zero-order valence-electron chi connectivity index (χ0n) is 14.2. The highest BCUT2D eigenvalue weighted by molar-refractivity contribution is 5.77. The maximum absolute atomic E-state index is 12.6. The Labute approximate surface area is 140 Å². The van der Waals surface area contributed by atoms with Crippen LogP contribution in [0.15, 0.2) is 10.9 Å². The van der Waals surface area contributed by atoms with Gasteiger partial charge >= 0.3 is 11.8 Å². The molecule has 8 nitrogen and oxygen atoms in total. The molecule has 1 atom stereocenters. The number of amides is 2. The molecule has 2 aliphatic heterocycles. The standard InChI is InChI=1S/C16H22N4O4/c1-11-7-12(2)20(14(22)17-11)8-13(21)19-6-4-5-16(10-19)9-18(3)15(23)24-16/h7H,4-6,8-10H2,1-3H3/t16-/m0/s1. The Balaban J connectivity index is 1.74. The Hall–Kier alpha value is -2.38. The Morgan fingerprint density at radius 3 is 2.71 bits per heavy atom. The van der Waals surface area contributed by atoms with Gasteiger partial charge in [-0.15, -0.1) is 0 Å². The van der Waals surface area contributed by atoms with Gasteiger partial charge in [0.15, 0.2) is 0 Å². The minimum Gasteiger partial charge on any atom is -0.439 e. The fourth-order valence-electron chi connectivity index (χ4n) is 3.52. The van der Waals surface area contributed by atoms with Crippen molar-refractivity contribution >= 4 is 12.0 Å². The van der Waals surface area contributed by atoms with Crippen LogP contribution in [-0.2, 0) is 16.1 Å². The SMILES string of the molecule is Cc1cc(C)n(CC(=O)N2CCC[C@]3(CN(C)C(=O)O3)C2)c(=O)n1. The van der Waals surface area contributed by atoms with Crippen molar-refractivity contribution in [2.45, 2.75) is 38.8 Å². The second-order valence-corrected chi connectivity index (χ2v) is 6.73. The summed E-state index contributed by atoms with van der Waals surface area (Å²) in [6.45, 7) is 4.96. The third-order valence-electron chi connectivity index (χ3n) is 4.67. The van der Waals surface area contributed by atoms with Crippen LogP contribution in [-0.4, -0.2) is 63.6 Å². The summed E-state index contributed by atoms with van der Waals surface area (Å²) in [6.07, 6.45) is 1.17. The normalized spacial score (nSPS) is 23.7. The van der Waals surface area contributed by atoms with Gasteiger partial charge in [-0.3, -0.25) is 9.36 Å². The number of piperidine rings is 1. The van der Waals surface area contributed by atoms with Gasteiger partial charge in [-0.25, -0.2) is 9.59 Å². The summed E-state index contributed by atoms with van der Waals surface area (Å²) in [5, 5.41) is 0. The Morgan fingerprint density at radius 2 is 2.08 bits per heavy atom. The van der Waals surface area contributed by atoms with Crippen molar-refractivity contribution in [3.8, 4) is 0 Å². The van der Waals surface area contributed by atoms with Gasteiger partial charge in [-0.2, -0.15) is 4.98 Å². The summed E-state index contributed by atoms with van der Waals surface area (Å²) in [5.74, 6) is -0.157. The molecule has 0 radical (unpaired) electrons. The van der Waals surface area contributed by atoms with E-state index in [1.165, 1.54) is 9.47 Å². The number of hydrogen-bond acceptors (Lipinski definition) is 5. The molecule has 24 heavy (non-hydrogen) atoms. The van der Waals surface area contributed by atoms with Crippen molar-refractivity contribution in [2.24, 2.45) is 0 Å². The molecule has 0 saturated carbocycles. The first-order chi connectivity index (χ1) is 11.3. The zero-order valence-corrected chi connectivity index (χ0v) is 14.2. The summed E-state index contributed by atoms with van der Waals surface area (Å²) in [7, 11) is 1.69. The van der Waals surface area contributed by atoms with E-state index in [9.17, 15) is 14.4 Å². The molecule has 0 N–H and O–H groups in total. The molecule has 0 aliphatic carbocycles. The molecular weight excluding hydrogens is 312 g/mol. The molecule has 0 bridgehead atoms. The van der Waals surface area contributed by atoms with E-state index in [4.69, 9.17) is 4.74 Å². The molecule has 1 aromatic heterocycles. The number of aryl methyl sites for hydroxylation is 2. The largest absolute Gasteiger partial charge is 0.439 e. The van der Waals surface area contributed by atoms with E-state index >= 15 is 0 Å². The number of likely N-dealkylation sites (N-methyl/N-ethyl adjacent to an activating group) is 1. The maximum Gasteiger partial charge on any atom is 0.410 e. The van der Waals surface area contributed by atoms with Crippen molar-refractivity contribution in [1.29, 1.82) is 0 Å². The Morgan fingerprint density at radius 1 is 1.33 bits per heavy atom. The molecule has 2 fully saturated rings. The molecule has 3 heterocycles. The average Bonchev–Trinajstić information content (AvgIpc) is 2.76. The molecule has 2 saturated heterocycles. The van der Waals surface area contributed by atoms with E-state index in [1.54, 1.807) is 31.9 Å². The van der Waals surface area contributed by atoms with Crippen LogP contribution < -0.4 is 5.69 Å². The molecule has 0 unspecified atom stereocenters. The topological polar surface area (TPSA) is 84.7 Å². The second kappa shape index (κ2) is 5.92. The predicted molar refractivity (Wildman–Crippen MR) is 85.6 cm³/mol. The van der Waals surface area contributed by atoms with Crippen LogP contribution in [0.25, 0.3) is 0 Å². The highest BCUT2D eigenvalue weighted by Crippen LogP contribution is 2.31. The minimum atomic E-state index is -0.620. The highest BCUT2D eigenvalue weighted by atomic mass is 16.6. The zero-order chi connectivity index (χ0) is 17.5. The number of likely N-dealkylation sites (tertiary alicyclic amines) is 1. The molecular formula is C16H22N4O4. The quantitative estimate of drug-likeness (QED) is 0.777. The second-order valence-electron chi connectivity index (χ2n) is 6.73. The third-order valence-corrected chi connectivity index (χ3v) is 4.67. The third kappa shape index (κ3) is 3.00. The van der Waals surface area contributed by atoms with E-state index in [-0.39, 0.29) is 18.5 Å². The summed E-state index contributed by atoms with van der Waals surface area (Å²) in [6, 6.07) is 1.78. The first-order valence-corrected chi connectivity index (χ1v) is 8.07. The number of ether oxygens (including phenoxy) is 1. The van der Waals surface area contributed by atoms with Gasteiger partial charge in [0, 0.05) is 25.0 Å². The number of aromatic nitrogens is 2. The minimum absolute atomic E-state index is 0.0438. The molecule has 2 amide bonds. The first kappa shape index (κ1) is 16.5. The van der Waals surface area contributed by atoms with Crippen LogP contribution >= 0.6 is 0 Å². The van der Waals surface area contributed by atoms with E-state index in [0.29, 0.717) is 31.0 Å². The number of rotatable bonds is 2. The van der Waals surface area contributed by atoms with Gasteiger partial charge in [0.2, 0.25) is 5.91 Å². The van der Waals surface area contributed by atoms with E-state index < -0.39 is 11.3 Å². The molecule has 1 aromatic rings. The van der Waals surface area contributed by atoms with Gasteiger partial charge in [0.1, 0.15) is 12.1 Å². The lowest BCUT2D eigenvalue weighted by Gasteiger charge is -2.38. The van der Waals surface area contributed by atoms with E-state index in [1.807, 2.05) is 0 Å². The lowest BCUT2D eigenvalue weighted by atomic mass is 9.92. The monoisotopic (exact) mass is 334 g/mol. The van der Waals surface area contributed by atoms with Crippen molar-refractivity contribution < 1.29 is 14.3 Å². The Kier molecular flexibility index (Phi) is 4.06. The lowest BCUT2D eigenvalue weighted by Crippen LogP contribution is -2.53. The van der Waals surface area contributed by atoms with E-state index in [2.05, 4.69) is 4.98 Å². The smallest absolute Gasteiger partial charge is 0.410 e. The molecule has 1 spiro atoms. The predicted octanol–water partition coefficient (Wildman–Crippen LogP) is 0.303. The van der Waals surface area contributed by atoms with Gasteiger partial charge in [-0.1, -0.05) is 0 Å². The van der Waals surface area contributed by atoms with E-state index in [0.717, 1.165) is 12.8 Å². The lowest BCUT2D eigenvalue weighted by molar-refractivity contribution is -0.137. The van der Waals surface area contributed by atoms with Gasteiger partial charge in [-0.05, 0) is 32.8 Å². The fourth-order valence-corrected chi connectivity index (χ4v) is 3.52. The van der Waals surface area contributed by atoms with Crippen LogP contribution in [0, 0.1) is 13.8 Å². The Bertz CT molecular complexity index is 744. The van der Waals surface area contributed by atoms with Crippen molar-refractivity contribution in [3.63, 3.8) is 0 Å². The average molecular weight is 334 g/mol. The molecule has 3 rings (SSSR count). The number of hydrogen-bond donors (Lipinski definition) is 0. The van der Waals surface area contributed by atoms with Crippen LogP contribution in [0.1, 0.15) is 24.2 Å². The van der Waals surface area contributed by atoms with Gasteiger partial charge in [0.25, 0.3) is 0 Å². The number of carbonyl (C=O) groups is 2. The number of nitrogens with zero attached hydrogens (tertiary/aromatic N) is 4. The van der Waals surface area contributed by atoms with Crippen molar-refractivity contribution in [2.75, 3.05) is 26.7 Å². The fraction of sp³-hybridized carbons (Fsp3) is 0.625. The highest BCUT2D eigenvalue weighted by Gasteiger charge is 2.47. The van der Waals surface area contributed by atoms with Crippen molar-refractivity contribution in [3.05, 3.63) is 27.9 Å². The van der Waals surface area contributed by atoms with Gasteiger partial charge in [0.05, 0.1) is 13.1 Å². The summed E-state index contributed by atoms with van der Waals surface area (Å²) >= 11 is 0. The summed E-state index contributed by atoms with van der Waals surface area (Å²) in [5.41, 5.74) is 0.309.